The second-order valence-electron chi connectivity index (χ2n) is 6.83. The molecular formula is C18H26ClNO2. The van der Waals surface area contributed by atoms with Crippen LogP contribution in [0.4, 0.5) is 0 Å². The first-order valence-electron chi connectivity index (χ1n) is 8.17. The lowest BCUT2D eigenvalue weighted by atomic mass is 9.96. The van der Waals surface area contributed by atoms with Crippen molar-refractivity contribution in [3.8, 4) is 0 Å². The highest BCUT2D eigenvalue weighted by Gasteiger charge is 2.27. The zero-order valence-electron chi connectivity index (χ0n) is 13.4. The largest absolute Gasteiger partial charge is 0.481 e. The van der Waals surface area contributed by atoms with Gasteiger partial charge in [0.25, 0.3) is 0 Å². The first-order chi connectivity index (χ1) is 10.5. The molecule has 4 heteroatoms. The van der Waals surface area contributed by atoms with Crippen LogP contribution in [0.3, 0.4) is 0 Å². The van der Waals surface area contributed by atoms with Crippen LogP contribution in [0.15, 0.2) is 24.3 Å². The van der Waals surface area contributed by atoms with Gasteiger partial charge in [0.05, 0.1) is 5.92 Å². The lowest BCUT2D eigenvalue weighted by Crippen LogP contribution is -2.35. The maximum atomic E-state index is 11.3. The molecule has 0 amide bonds. The summed E-state index contributed by atoms with van der Waals surface area (Å²) in [7, 11) is 0. The van der Waals surface area contributed by atoms with Gasteiger partial charge in [-0.15, -0.1) is 0 Å². The minimum Gasteiger partial charge on any atom is -0.481 e. The van der Waals surface area contributed by atoms with E-state index < -0.39 is 5.97 Å². The van der Waals surface area contributed by atoms with Crippen LogP contribution in [0.2, 0.25) is 5.02 Å². The van der Waals surface area contributed by atoms with Crippen molar-refractivity contribution in [3.63, 3.8) is 0 Å². The van der Waals surface area contributed by atoms with Crippen molar-refractivity contribution in [2.45, 2.75) is 51.5 Å². The van der Waals surface area contributed by atoms with E-state index in [9.17, 15) is 9.90 Å². The molecular weight excluding hydrogens is 298 g/mol. The Bertz CT molecular complexity index is 486. The number of halogens is 1. The molecule has 1 aliphatic rings. The van der Waals surface area contributed by atoms with Gasteiger partial charge >= 0.3 is 5.97 Å². The van der Waals surface area contributed by atoms with Crippen molar-refractivity contribution in [1.82, 2.24) is 5.32 Å². The highest BCUT2D eigenvalue weighted by Crippen LogP contribution is 2.35. The number of aliphatic carboxylic acids is 1. The second kappa shape index (κ2) is 7.98. The number of carbonyl (C=O) groups is 1. The van der Waals surface area contributed by atoms with Gasteiger partial charge in [0.2, 0.25) is 0 Å². The molecule has 22 heavy (non-hydrogen) atoms. The number of carboxylic acids is 1. The first-order valence-corrected chi connectivity index (χ1v) is 8.55. The molecule has 1 aliphatic carbocycles. The predicted molar refractivity (Wildman–Crippen MR) is 90.4 cm³/mol. The fourth-order valence-electron chi connectivity index (χ4n) is 3.35. The molecule has 2 N–H and O–H groups in total. The Balaban J connectivity index is 1.83. The molecule has 0 aromatic heterocycles. The Kier molecular flexibility index (Phi) is 6.27. The zero-order valence-corrected chi connectivity index (χ0v) is 14.1. The maximum Gasteiger partial charge on any atom is 0.307 e. The third-order valence-corrected chi connectivity index (χ3v) is 4.78. The van der Waals surface area contributed by atoms with E-state index in [-0.39, 0.29) is 5.92 Å². The maximum absolute atomic E-state index is 11.3. The van der Waals surface area contributed by atoms with Gasteiger partial charge in [-0.3, -0.25) is 4.79 Å². The molecule has 1 saturated carbocycles. The number of benzene rings is 1. The SMILES string of the molecule is CC(C)CC(CNC1CCC(c2ccc(Cl)cc2)C1)C(=O)O. The van der Waals surface area contributed by atoms with Crippen LogP contribution in [-0.2, 0) is 4.79 Å². The fraction of sp³-hybridized carbons (Fsp3) is 0.611. The molecule has 122 valence electrons. The molecule has 3 nitrogen and oxygen atoms in total. The van der Waals surface area contributed by atoms with Crippen LogP contribution in [-0.4, -0.2) is 23.7 Å². The number of carboxylic acid groups (broad SMARTS) is 1. The summed E-state index contributed by atoms with van der Waals surface area (Å²) in [4.78, 5) is 11.3. The molecule has 0 heterocycles. The van der Waals surface area contributed by atoms with Gasteiger partial charge in [0.15, 0.2) is 0 Å². The van der Waals surface area contributed by atoms with Gasteiger partial charge < -0.3 is 10.4 Å². The third kappa shape index (κ3) is 4.99. The number of hydrogen-bond acceptors (Lipinski definition) is 2. The minimum absolute atomic E-state index is 0.283. The van der Waals surface area contributed by atoms with E-state index in [1.807, 2.05) is 12.1 Å². The van der Waals surface area contributed by atoms with Crippen molar-refractivity contribution in [2.24, 2.45) is 11.8 Å². The van der Waals surface area contributed by atoms with E-state index >= 15 is 0 Å². The lowest BCUT2D eigenvalue weighted by Gasteiger charge is -2.19. The monoisotopic (exact) mass is 323 g/mol. The highest BCUT2D eigenvalue weighted by atomic mass is 35.5. The lowest BCUT2D eigenvalue weighted by molar-refractivity contribution is -0.142. The zero-order chi connectivity index (χ0) is 16.1. The van der Waals surface area contributed by atoms with Crippen LogP contribution >= 0.6 is 11.6 Å². The van der Waals surface area contributed by atoms with E-state index in [0.717, 1.165) is 30.7 Å². The Labute approximate surface area is 138 Å². The van der Waals surface area contributed by atoms with Crippen molar-refractivity contribution in [1.29, 1.82) is 0 Å². The molecule has 0 bridgehead atoms. The molecule has 0 saturated heterocycles. The first kappa shape index (κ1) is 17.3. The number of nitrogens with one attached hydrogen (secondary N) is 1. The standard InChI is InChI=1S/C18H26ClNO2/c1-12(2)9-15(18(21)22)11-20-17-8-5-14(10-17)13-3-6-16(19)7-4-13/h3-4,6-7,12,14-15,17,20H,5,8-11H2,1-2H3,(H,21,22). The molecule has 0 aliphatic heterocycles. The second-order valence-corrected chi connectivity index (χ2v) is 7.27. The van der Waals surface area contributed by atoms with E-state index in [1.54, 1.807) is 0 Å². The molecule has 1 aromatic carbocycles. The molecule has 0 radical (unpaired) electrons. The average Bonchev–Trinajstić information content (AvgIpc) is 2.92. The van der Waals surface area contributed by atoms with Crippen LogP contribution in [0.25, 0.3) is 0 Å². The van der Waals surface area contributed by atoms with Crippen LogP contribution < -0.4 is 5.32 Å². The summed E-state index contributed by atoms with van der Waals surface area (Å²) in [5, 5.41) is 13.5. The minimum atomic E-state index is -0.687. The van der Waals surface area contributed by atoms with Crippen molar-refractivity contribution in [3.05, 3.63) is 34.9 Å². The van der Waals surface area contributed by atoms with Crippen LogP contribution in [0, 0.1) is 11.8 Å². The van der Waals surface area contributed by atoms with Gasteiger partial charge in [-0.25, -0.2) is 0 Å². The van der Waals surface area contributed by atoms with E-state index in [1.165, 1.54) is 5.56 Å². The molecule has 1 aromatic rings. The van der Waals surface area contributed by atoms with Gasteiger partial charge in [-0.05, 0) is 55.2 Å². The molecule has 0 spiro atoms. The van der Waals surface area contributed by atoms with Crippen LogP contribution in [0.5, 0.6) is 0 Å². The number of hydrogen-bond donors (Lipinski definition) is 2. The molecule has 3 unspecified atom stereocenters. The smallest absolute Gasteiger partial charge is 0.307 e. The Hall–Kier alpha value is -1.06. The Morgan fingerprint density at radius 2 is 2.00 bits per heavy atom. The van der Waals surface area contributed by atoms with Gasteiger partial charge in [-0.2, -0.15) is 0 Å². The predicted octanol–water partition coefficient (Wildman–Crippen LogP) is 4.31. The van der Waals surface area contributed by atoms with Gasteiger partial charge in [0.1, 0.15) is 0 Å². The van der Waals surface area contributed by atoms with Gasteiger partial charge in [0, 0.05) is 17.6 Å². The van der Waals surface area contributed by atoms with Crippen molar-refractivity contribution < 1.29 is 9.90 Å². The summed E-state index contributed by atoms with van der Waals surface area (Å²) in [6.45, 7) is 4.72. The molecule has 3 atom stereocenters. The Morgan fingerprint density at radius 1 is 1.32 bits per heavy atom. The summed E-state index contributed by atoms with van der Waals surface area (Å²) in [5.41, 5.74) is 1.34. The number of rotatable bonds is 7. The topological polar surface area (TPSA) is 49.3 Å². The summed E-state index contributed by atoms with van der Waals surface area (Å²) in [5.74, 6) is -0.000493. The highest BCUT2D eigenvalue weighted by molar-refractivity contribution is 6.30. The van der Waals surface area contributed by atoms with Crippen LogP contribution in [0.1, 0.15) is 51.0 Å². The van der Waals surface area contributed by atoms with Gasteiger partial charge in [-0.1, -0.05) is 37.6 Å². The summed E-state index contributed by atoms with van der Waals surface area (Å²) in [6.07, 6.45) is 4.08. The molecule has 2 rings (SSSR count). The van der Waals surface area contributed by atoms with Crippen molar-refractivity contribution >= 4 is 17.6 Å². The summed E-state index contributed by atoms with van der Waals surface area (Å²) in [6, 6.07) is 8.53. The fourth-order valence-corrected chi connectivity index (χ4v) is 3.48. The van der Waals surface area contributed by atoms with Crippen molar-refractivity contribution in [2.75, 3.05) is 6.54 Å². The third-order valence-electron chi connectivity index (χ3n) is 4.53. The molecule has 1 fully saturated rings. The summed E-state index contributed by atoms with van der Waals surface area (Å²) >= 11 is 5.93. The average molecular weight is 324 g/mol. The van der Waals surface area contributed by atoms with E-state index in [2.05, 4.69) is 31.3 Å². The van der Waals surface area contributed by atoms with E-state index in [0.29, 0.717) is 24.4 Å². The normalized spacial score (nSPS) is 22.9. The van der Waals surface area contributed by atoms with E-state index in [4.69, 9.17) is 11.6 Å². The Morgan fingerprint density at radius 3 is 2.59 bits per heavy atom. The quantitative estimate of drug-likeness (QED) is 0.786. The summed E-state index contributed by atoms with van der Waals surface area (Å²) < 4.78 is 0.